The smallest absolute Gasteiger partial charge is 0.107 e. The number of allylic oxidation sites excluding steroid dienone is 4. The van der Waals surface area contributed by atoms with Gasteiger partial charge in [-0.3, -0.25) is 0 Å². The summed E-state index contributed by atoms with van der Waals surface area (Å²) in [6.45, 7) is 13.7. The van der Waals surface area contributed by atoms with Crippen molar-refractivity contribution in [3.8, 4) is 12.0 Å². The summed E-state index contributed by atoms with van der Waals surface area (Å²) in [7, 11) is -1.58. The molecule has 0 amide bonds. The van der Waals surface area contributed by atoms with Gasteiger partial charge in [-0.15, -0.1) is 0 Å². The van der Waals surface area contributed by atoms with Gasteiger partial charge in [0.1, 0.15) is 6.11 Å². The highest BCUT2D eigenvalue weighted by Gasteiger charge is 2.40. The fraction of sp³-hybridized carbons (Fsp3) is 0.647. The van der Waals surface area contributed by atoms with Crippen LogP contribution in [-0.4, -0.2) is 13.2 Å². The van der Waals surface area contributed by atoms with E-state index >= 15 is 0 Å². The molecule has 0 radical (unpaired) electrons. The number of aliphatic hydroxyl groups is 1. The molecule has 0 rings (SSSR count). The topological polar surface area (TPSA) is 20.2 Å². The molecule has 0 aromatic heterocycles. The third kappa shape index (κ3) is 6.16. The van der Waals surface area contributed by atoms with Gasteiger partial charge < -0.3 is 5.11 Å². The highest BCUT2D eigenvalue weighted by molar-refractivity contribution is 6.82. The molecule has 1 nitrogen and oxygen atoms in total. The molecule has 0 saturated heterocycles. The summed E-state index contributed by atoms with van der Waals surface area (Å²) in [5.41, 5.74) is 0.188. The maximum absolute atomic E-state index is 8.95. The van der Waals surface area contributed by atoms with Crippen molar-refractivity contribution in [3.05, 3.63) is 24.3 Å². The second-order valence-electron chi connectivity index (χ2n) is 6.66. The highest BCUT2D eigenvalue weighted by Crippen LogP contribution is 2.43. The Balaban J connectivity index is 4.80. The Labute approximate surface area is 120 Å². The molecule has 19 heavy (non-hydrogen) atoms. The van der Waals surface area contributed by atoms with Crippen molar-refractivity contribution in [2.24, 2.45) is 0 Å². The number of unbranched alkanes of at least 4 members (excludes halogenated alkanes) is 2. The molecule has 0 aromatic rings. The number of hydrogen-bond donors (Lipinski definition) is 1. The van der Waals surface area contributed by atoms with Crippen LogP contribution in [0, 0.1) is 12.0 Å². The van der Waals surface area contributed by atoms with E-state index in [1.54, 1.807) is 0 Å². The first kappa shape index (κ1) is 18.1. The molecule has 1 N–H and O–H groups in total. The van der Waals surface area contributed by atoms with Crippen molar-refractivity contribution in [1.82, 2.24) is 0 Å². The fourth-order valence-electron chi connectivity index (χ4n) is 1.68. The van der Waals surface area contributed by atoms with Crippen molar-refractivity contribution in [2.75, 3.05) is 0 Å². The van der Waals surface area contributed by atoms with Crippen LogP contribution in [0.5, 0.6) is 0 Å². The quantitative estimate of drug-likeness (QED) is 0.294. The van der Waals surface area contributed by atoms with Gasteiger partial charge in [0.15, 0.2) is 0 Å². The molecule has 108 valence electrons. The second-order valence-corrected chi connectivity index (χ2v) is 12.2. The molecular weight excluding hydrogens is 248 g/mol. The summed E-state index contributed by atoms with van der Waals surface area (Å²) in [5.74, 6) is 2.98. The zero-order valence-corrected chi connectivity index (χ0v) is 14.5. The average molecular weight is 279 g/mol. The second kappa shape index (κ2) is 8.27. The van der Waals surface area contributed by atoms with E-state index in [0.29, 0.717) is 0 Å². The minimum absolute atomic E-state index is 0.188. The fourth-order valence-corrected chi connectivity index (χ4v) is 3.63. The average Bonchev–Trinajstić information content (AvgIpc) is 2.30. The van der Waals surface area contributed by atoms with E-state index in [1.165, 1.54) is 12.8 Å². The number of hydrogen-bond acceptors (Lipinski definition) is 1. The Morgan fingerprint density at radius 3 is 2.32 bits per heavy atom. The van der Waals surface area contributed by atoms with Gasteiger partial charge >= 0.3 is 0 Å². The monoisotopic (exact) mass is 278 g/mol. The lowest BCUT2D eigenvalue weighted by Gasteiger charge is -2.39. The third-order valence-corrected chi connectivity index (χ3v) is 9.96. The van der Waals surface area contributed by atoms with E-state index in [1.807, 2.05) is 0 Å². The maximum Gasteiger partial charge on any atom is 0.107 e. The summed E-state index contributed by atoms with van der Waals surface area (Å²) in [6, 6.07) is 0. The minimum Gasteiger partial charge on any atom is -0.462 e. The molecule has 0 heterocycles. The Kier molecular flexibility index (Phi) is 7.86. The molecule has 0 spiro atoms. The van der Waals surface area contributed by atoms with E-state index in [0.717, 1.165) is 6.42 Å². The first-order chi connectivity index (χ1) is 8.77. The summed E-state index contributed by atoms with van der Waals surface area (Å²) in [4.78, 5) is 0. The molecule has 0 fully saturated rings. The molecule has 2 heteroatoms. The van der Waals surface area contributed by atoms with Crippen LogP contribution >= 0.6 is 0 Å². The van der Waals surface area contributed by atoms with E-state index in [2.05, 4.69) is 77.1 Å². The van der Waals surface area contributed by atoms with Crippen molar-refractivity contribution in [1.29, 1.82) is 0 Å². The molecule has 0 aliphatic rings. The standard InChI is InChI=1S/C17H30OSi/c1-7-8-9-10-11-12-13-16(14-15-18)19(5,6)17(2,3)4/h10-13,16,18H,7-9H2,1-6H3/b11-10+,13-12-. The van der Waals surface area contributed by atoms with Crippen molar-refractivity contribution in [3.63, 3.8) is 0 Å². The summed E-state index contributed by atoms with van der Waals surface area (Å²) >= 11 is 0. The summed E-state index contributed by atoms with van der Waals surface area (Å²) < 4.78 is 0. The SMILES string of the molecule is CCCC/C=C/C=C\C(C#CO)[Si](C)(C)C(C)(C)C. The van der Waals surface area contributed by atoms with Gasteiger partial charge in [-0.05, 0) is 11.5 Å². The van der Waals surface area contributed by atoms with Gasteiger partial charge in [0.05, 0.1) is 8.07 Å². The van der Waals surface area contributed by atoms with Gasteiger partial charge in [-0.25, -0.2) is 0 Å². The van der Waals surface area contributed by atoms with Gasteiger partial charge in [-0.1, -0.05) is 83.9 Å². The number of aliphatic hydroxyl groups excluding tert-OH is 1. The Bertz CT molecular complexity index is 361. The van der Waals surface area contributed by atoms with E-state index < -0.39 is 8.07 Å². The molecule has 1 unspecified atom stereocenters. The lowest BCUT2D eigenvalue weighted by Crippen LogP contribution is -2.41. The predicted octanol–water partition coefficient (Wildman–Crippen LogP) is 5.50. The highest BCUT2D eigenvalue weighted by atomic mass is 28.3. The van der Waals surface area contributed by atoms with Crippen LogP contribution in [-0.2, 0) is 0 Å². The van der Waals surface area contributed by atoms with Gasteiger partial charge in [0, 0.05) is 5.54 Å². The largest absolute Gasteiger partial charge is 0.462 e. The lowest BCUT2D eigenvalue weighted by molar-refractivity contribution is 0.516. The first-order valence-corrected chi connectivity index (χ1v) is 10.3. The number of rotatable bonds is 6. The van der Waals surface area contributed by atoms with E-state index in [-0.39, 0.29) is 10.6 Å². The van der Waals surface area contributed by atoms with E-state index in [4.69, 9.17) is 5.11 Å². The zero-order chi connectivity index (χ0) is 14.9. The molecule has 0 aliphatic heterocycles. The first-order valence-electron chi connectivity index (χ1n) is 7.25. The minimum atomic E-state index is -1.58. The van der Waals surface area contributed by atoms with Crippen LogP contribution < -0.4 is 0 Å². The van der Waals surface area contributed by atoms with Gasteiger partial charge in [-0.2, -0.15) is 0 Å². The molecule has 0 aromatic carbocycles. The zero-order valence-electron chi connectivity index (χ0n) is 13.5. The van der Waals surface area contributed by atoms with Crippen LogP contribution in [0.25, 0.3) is 0 Å². The third-order valence-electron chi connectivity index (χ3n) is 4.21. The van der Waals surface area contributed by atoms with Crippen LogP contribution in [0.4, 0.5) is 0 Å². The van der Waals surface area contributed by atoms with Gasteiger partial charge in [0.2, 0.25) is 0 Å². The molecule has 0 bridgehead atoms. The Hall–Kier alpha value is -0.943. The van der Waals surface area contributed by atoms with Crippen LogP contribution in [0.1, 0.15) is 47.0 Å². The summed E-state index contributed by atoms with van der Waals surface area (Å²) in [5, 5.41) is 9.21. The van der Waals surface area contributed by atoms with Crippen molar-refractivity contribution in [2.45, 2.75) is 70.6 Å². The van der Waals surface area contributed by atoms with Gasteiger partial charge in [0.25, 0.3) is 0 Å². The Morgan fingerprint density at radius 2 is 1.84 bits per heavy atom. The molecule has 1 atom stereocenters. The van der Waals surface area contributed by atoms with Crippen LogP contribution in [0.2, 0.25) is 23.7 Å². The molecule has 0 saturated carbocycles. The van der Waals surface area contributed by atoms with Crippen molar-refractivity contribution >= 4 is 8.07 Å². The summed E-state index contributed by atoms with van der Waals surface area (Å²) in [6.07, 6.45) is 14.3. The Morgan fingerprint density at radius 1 is 1.21 bits per heavy atom. The van der Waals surface area contributed by atoms with Crippen molar-refractivity contribution < 1.29 is 5.11 Å². The van der Waals surface area contributed by atoms with Crippen LogP contribution in [0.15, 0.2) is 24.3 Å². The van der Waals surface area contributed by atoms with E-state index in [9.17, 15) is 0 Å². The van der Waals surface area contributed by atoms with Crippen LogP contribution in [0.3, 0.4) is 0 Å². The lowest BCUT2D eigenvalue weighted by atomic mass is 10.2. The molecule has 0 aliphatic carbocycles. The molecular formula is C17H30OSi. The maximum atomic E-state index is 8.95. The predicted molar refractivity (Wildman–Crippen MR) is 88.5 cm³/mol. The normalized spacial score (nSPS) is 14.6.